The summed E-state index contributed by atoms with van der Waals surface area (Å²) >= 11 is 0. The lowest BCUT2D eigenvalue weighted by atomic mass is 10.1. The van der Waals surface area contributed by atoms with E-state index < -0.39 is 17.7 Å². The summed E-state index contributed by atoms with van der Waals surface area (Å²) in [5.74, 6) is -0.793. The van der Waals surface area contributed by atoms with E-state index in [-0.39, 0.29) is 5.92 Å². The van der Waals surface area contributed by atoms with Crippen LogP contribution in [0.4, 0.5) is 4.79 Å². The van der Waals surface area contributed by atoms with Gasteiger partial charge in [-0.1, -0.05) is 0 Å². The first kappa shape index (κ1) is 12.8. The van der Waals surface area contributed by atoms with Gasteiger partial charge in [-0.3, -0.25) is 0 Å². The fraction of sp³-hybridized carbons (Fsp3) is 0.800. The third-order valence-electron chi connectivity index (χ3n) is 1.90. The zero-order valence-corrected chi connectivity index (χ0v) is 9.74. The van der Waals surface area contributed by atoms with Crippen molar-refractivity contribution in [3.63, 3.8) is 0 Å². The van der Waals surface area contributed by atoms with Crippen LogP contribution < -0.4 is 5.48 Å². The Labute approximate surface area is 94.2 Å². The van der Waals surface area contributed by atoms with Crippen molar-refractivity contribution in [2.45, 2.75) is 32.8 Å². The van der Waals surface area contributed by atoms with Gasteiger partial charge in [0.2, 0.25) is 0 Å². The van der Waals surface area contributed by atoms with Crippen LogP contribution in [0.2, 0.25) is 0 Å². The maximum absolute atomic E-state index is 11.3. The molecule has 0 saturated carbocycles. The van der Waals surface area contributed by atoms with Crippen LogP contribution in [0.3, 0.4) is 0 Å². The Morgan fingerprint density at radius 3 is 2.56 bits per heavy atom. The van der Waals surface area contributed by atoms with Crippen molar-refractivity contribution in [1.29, 1.82) is 0 Å². The monoisotopic (exact) mass is 231 g/mol. The fourth-order valence-electron chi connectivity index (χ4n) is 1.19. The SMILES string of the molecule is CC(C)(C)OC(=O)NOC(=O)C1CCOC1. The lowest BCUT2D eigenvalue weighted by Crippen LogP contribution is -2.35. The number of rotatable bonds is 1. The summed E-state index contributed by atoms with van der Waals surface area (Å²) in [7, 11) is 0. The van der Waals surface area contributed by atoms with Crippen LogP contribution in [0.1, 0.15) is 27.2 Å². The van der Waals surface area contributed by atoms with Crippen LogP contribution in [-0.2, 0) is 19.1 Å². The molecule has 1 N–H and O–H groups in total. The lowest BCUT2D eigenvalue weighted by molar-refractivity contribution is -0.155. The molecule has 0 aromatic heterocycles. The molecule has 1 heterocycles. The highest BCUT2D eigenvalue weighted by molar-refractivity contribution is 5.75. The molecule has 1 amide bonds. The molecule has 1 unspecified atom stereocenters. The van der Waals surface area contributed by atoms with Gasteiger partial charge in [0.1, 0.15) is 5.60 Å². The van der Waals surface area contributed by atoms with Gasteiger partial charge in [-0.25, -0.2) is 9.59 Å². The number of ether oxygens (including phenoxy) is 2. The van der Waals surface area contributed by atoms with Crippen LogP contribution in [0.25, 0.3) is 0 Å². The van der Waals surface area contributed by atoms with Crippen molar-refractivity contribution in [3.8, 4) is 0 Å². The second-order valence-corrected chi connectivity index (χ2v) is 4.59. The minimum atomic E-state index is -0.778. The first-order valence-electron chi connectivity index (χ1n) is 5.16. The topological polar surface area (TPSA) is 73.9 Å². The van der Waals surface area contributed by atoms with E-state index >= 15 is 0 Å². The second kappa shape index (κ2) is 5.16. The fourth-order valence-corrected chi connectivity index (χ4v) is 1.19. The molecule has 0 bridgehead atoms. The number of hydrogen-bond donors (Lipinski definition) is 1. The molecule has 1 rings (SSSR count). The quantitative estimate of drug-likeness (QED) is 0.681. The Kier molecular flexibility index (Phi) is 4.12. The standard InChI is InChI=1S/C10H17NO5/c1-10(2,3)15-9(13)11-16-8(12)7-4-5-14-6-7/h7H,4-6H2,1-3H3,(H,11,13). The number of nitrogens with one attached hydrogen (secondary N) is 1. The molecule has 92 valence electrons. The van der Waals surface area contributed by atoms with Crippen molar-refractivity contribution in [2.24, 2.45) is 5.92 Å². The number of hydroxylamine groups is 1. The van der Waals surface area contributed by atoms with Gasteiger partial charge in [0.05, 0.1) is 12.5 Å². The molecule has 0 aromatic carbocycles. The zero-order valence-electron chi connectivity index (χ0n) is 9.74. The van der Waals surface area contributed by atoms with Gasteiger partial charge in [-0.05, 0) is 27.2 Å². The number of carbonyl (C=O) groups is 2. The van der Waals surface area contributed by atoms with Crippen LogP contribution in [-0.4, -0.2) is 30.9 Å². The number of carbonyl (C=O) groups excluding carboxylic acids is 2. The lowest BCUT2D eigenvalue weighted by Gasteiger charge is -2.19. The van der Waals surface area contributed by atoms with Gasteiger partial charge in [-0.2, -0.15) is 0 Å². The van der Waals surface area contributed by atoms with Crippen molar-refractivity contribution in [3.05, 3.63) is 0 Å². The molecule has 1 aliphatic rings. The summed E-state index contributed by atoms with van der Waals surface area (Å²) < 4.78 is 9.91. The Morgan fingerprint density at radius 1 is 1.38 bits per heavy atom. The van der Waals surface area contributed by atoms with E-state index in [2.05, 4.69) is 4.84 Å². The van der Waals surface area contributed by atoms with Crippen molar-refractivity contribution in [2.75, 3.05) is 13.2 Å². The molecular weight excluding hydrogens is 214 g/mol. The zero-order chi connectivity index (χ0) is 12.2. The summed E-state index contributed by atoms with van der Waals surface area (Å²) in [6, 6.07) is 0. The average Bonchev–Trinajstić information content (AvgIpc) is 2.64. The minimum absolute atomic E-state index is 0.296. The normalized spacial score (nSPS) is 20.3. The summed E-state index contributed by atoms with van der Waals surface area (Å²) in [5.41, 5.74) is 1.33. The molecule has 1 fully saturated rings. The van der Waals surface area contributed by atoms with Gasteiger partial charge < -0.3 is 14.3 Å². The van der Waals surface area contributed by atoms with E-state index in [1.54, 1.807) is 20.8 Å². The third kappa shape index (κ3) is 4.48. The van der Waals surface area contributed by atoms with Gasteiger partial charge in [0, 0.05) is 6.61 Å². The summed E-state index contributed by atoms with van der Waals surface area (Å²) in [4.78, 5) is 27.1. The molecule has 16 heavy (non-hydrogen) atoms. The van der Waals surface area contributed by atoms with Crippen LogP contribution in [0.5, 0.6) is 0 Å². The predicted molar refractivity (Wildman–Crippen MR) is 54.4 cm³/mol. The highest BCUT2D eigenvalue weighted by atomic mass is 16.7. The van der Waals surface area contributed by atoms with E-state index in [0.717, 1.165) is 0 Å². The predicted octanol–water partition coefficient (Wildman–Crippen LogP) is 1.01. The number of hydrogen-bond acceptors (Lipinski definition) is 5. The van der Waals surface area contributed by atoms with Crippen LogP contribution in [0, 0.1) is 5.92 Å². The first-order valence-corrected chi connectivity index (χ1v) is 5.16. The van der Waals surface area contributed by atoms with Crippen molar-refractivity contribution >= 4 is 12.1 Å². The molecule has 0 aliphatic carbocycles. The molecule has 0 radical (unpaired) electrons. The molecule has 0 spiro atoms. The Bertz CT molecular complexity index is 265. The largest absolute Gasteiger partial charge is 0.442 e. The molecule has 1 saturated heterocycles. The molecule has 1 atom stereocenters. The summed E-state index contributed by atoms with van der Waals surface area (Å²) in [5, 5.41) is 0. The van der Waals surface area contributed by atoms with Crippen LogP contribution in [0.15, 0.2) is 0 Å². The van der Waals surface area contributed by atoms with E-state index in [1.807, 2.05) is 5.48 Å². The van der Waals surface area contributed by atoms with E-state index in [9.17, 15) is 9.59 Å². The van der Waals surface area contributed by atoms with Gasteiger partial charge in [0.15, 0.2) is 0 Å². The average molecular weight is 231 g/mol. The van der Waals surface area contributed by atoms with Gasteiger partial charge >= 0.3 is 12.1 Å². The maximum atomic E-state index is 11.3. The highest BCUT2D eigenvalue weighted by Crippen LogP contribution is 2.13. The van der Waals surface area contributed by atoms with Gasteiger partial charge in [-0.15, -0.1) is 5.48 Å². The minimum Gasteiger partial charge on any atom is -0.442 e. The van der Waals surface area contributed by atoms with Crippen molar-refractivity contribution < 1.29 is 23.9 Å². The molecule has 6 nitrogen and oxygen atoms in total. The molecule has 0 aromatic rings. The highest BCUT2D eigenvalue weighted by Gasteiger charge is 2.26. The van der Waals surface area contributed by atoms with E-state index in [1.165, 1.54) is 0 Å². The van der Waals surface area contributed by atoms with Gasteiger partial charge in [0.25, 0.3) is 0 Å². The first-order chi connectivity index (χ1) is 7.38. The third-order valence-corrected chi connectivity index (χ3v) is 1.90. The molecular formula is C10H17NO5. The van der Waals surface area contributed by atoms with E-state index in [0.29, 0.717) is 19.6 Å². The molecule has 6 heteroatoms. The Morgan fingerprint density at radius 2 is 2.06 bits per heavy atom. The molecule has 1 aliphatic heterocycles. The van der Waals surface area contributed by atoms with Crippen molar-refractivity contribution in [1.82, 2.24) is 5.48 Å². The Hall–Kier alpha value is -1.30. The number of amides is 1. The van der Waals surface area contributed by atoms with Crippen LogP contribution >= 0.6 is 0 Å². The second-order valence-electron chi connectivity index (χ2n) is 4.59. The summed E-state index contributed by atoms with van der Waals surface area (Å²) in [6.45, 7) is 6.05. The maximum Gasteiger partial charge on any atom is 0.441 e. The summed E-state index contributed by atoms with van der Waals surface area (Å²) in [6.07, 6.45) is -0.158. The smallest absolute Gasteiger partial charge is 0.441 e. The Balaban J connectivity index is 2.23. The van der Waals surface area contributed by atoms with E-state index in [4.69, 9.17) is 9.47 Å².